The molecule has 3 heteroatoms. The first kappa shape index (κ1) is 16.9. The molecule has 4 N–H and O–H groups in total. The van der Waals surface area contributed by atoms with Crippen molar-refractivity contribution >= 4 is 0 Å². The van der Waals surface area contributed by atoms with E-state index in [1.807, 2.05) is 0 Å². The second kappa shape index (κ2) is 10.6. The largest absolute Gasteiger partial charge is 0.328 e. The van der Waals surface area contributed by atoms with Gasteiger partial charge in [-0.2, -0.15) is 0 Å². The van der Waals surface area contributed by atoms with Gasteiger partial charge in [0.2, 0.25) is 0 Å². The van der Waals surface area contributed by atoms with Gasteiger partial charge in [-0.15, -0.1) is 0 Å². The third-order valence-electron chi connectivity index (χ3n) is 4.42. The maximum absolute atomic E-state index is 5.93. The molecule has 0 bridgehead atoms. The van der Waals surface area contributed by atoms with Gasteiger partial charge in [0.25, 0.3) is 0 Å². The number of nitrogens with one attached hydrogen (secondary N) is 2. The lowest BCUT2D eigenvalue weighted by Crippen LogP contribution is -2.34. The van der Waals surface area contributed by atoms with Crippen molar-refractivity contribution in [3.63, 3.8) is 0 Å². The van der Waals surface area contributed by atoms with Gasteiger partial charge in [-0.3, -0.25) is 0 Å². The molecule has 0 aromatic rings. The molecule has 0 amide bonds. The van der Waals surface area contributed by atoms with Crippen molar-refractivity contribution in [3.8, 4) is 0 Å². The highest BCUT2D eigenvalue weighted by Crippen LogP contribution is 2.22. The van der Waals surface area contributed by atoms with E-state index in [0.29, 0.717) is 6.04 Å². The molecule has 0 aromatic heterocycles. The molecule has 1 aliphatic carbocycles. The molecule has 114 valence electrons. The molecule has 0 aliphatic heterocycles. The highest BCUT2D eigenvalue weighted by Gasteiger charge is 2.17. The molecular weight excluding hydrogens is 234 g/mol. The number of nitrogens with two attached hydrogens (primary N) is 1. The summed E-state index contributed by atoms with van der Waals surface area (Å²) in [4.78, 5) is 0. The van der Waals surface area contributed by atoms with Gasteiger partial charge in [0.1, 0.15) is 0 Å². The van der Waals surface area contributed by atoms with E-state index in [1.165, 1.54) is 57.9 Å². The Morgan fingerprint density at radius 3 is 2.47 bits per heavy atom. The monoisotopic (exact) mass is 269 g/mol. The fourth-order valence-corrected chi connectivity index (χ4v) is 3.02. The van der Waals surface area contributed by atoms with Gasteiger partial charge < -0.3 is 16.4 Å². The van der Waals surface area contributed by atoms with Crippen LogP contribution in [-0.2, 0) is 0 Å². The quantitative estimate of drug-likeness (QED) is 0.534. The maximum Gasteiger partial charge on any atom is 0.00643 e. The first-order valence-electron chi connectivity index (χ1n) is 8.45. The van der Waals surface area contributed by atoms with E-state index in [0.717, 1.165) is 25.0 Å². The SMILES string of the molecule is CCCC(CC)NCCCNCC1CCC(N)CC1. The minimum absolute atomic E-state index is 0.477. The lowest BCUT2D eigenvalue weighted by atomic mass is 9.86. The van der Waals surface area contributed by atoms with Gasteiger partial charge in [0.05, 0.1) is 0 Å². The summed E-state index contributed by atoms with van der Waals surface area (Å²) in [7, 11) is 0. The molecule has 0 radical (unpaired) electrons. The summed E-state index contributed by atoms with van der Waals surface area (Å²) < 4.78 is 0. The zero-order valence-electron chi connectivity index (χ0n) is 13.1. The topological polar surface area (TPSA) is 50.1 Å². The van der Waals surface area contributed by atoms with E-state index in [-0.39, 0.29) is 0 Å². The molecule has 1 atom stereocenters. The summed E-state index contributed by atoms with van der Waals surface area (Å²) in [5, 5.41) is 7.27. The summed E-state index contributed by atoms with van der Waals surface area (Å²) >= 11 is 0. The van der Waals surface area contributed by atoms with Crippen LogP contribution in [0.4, 0.5) is 0 Å². The second-order valence-electron chi connectivity index (χ2n) is 6.19. The zero-order chi connectivity index (χ0) is 13.9. The fraction of sp³-hybridized carbons (Fsp3) is 1.00. The maximum atomic E-state index is 5.93. The molecule has 1 unspecified atom stereocenters. The molecule has 1 rings (SSSR count). The van der Waals surface area contributed by atoms with E-state index in [9.17, 15) is 0 Å². The van der Waals surface area contributed by atoms with Crippen molar-refractivity contribution < 1.29 is 0 Å². The predicted molar refractivity (Wildman–Crippen MR) is 84.4 cm³/mol. The lowest BCUT2D eigenvalue weighted by Gasteiger charge is -2.26. The Kier molecular flexibility index (Phi) is 9.48. The van der Waals surface area contributed by atoms with Crippen molar-refractivity contribution in [3.05, 3.63) is 0 Å². The molecule has 1 aliphatic rings. The van der Waals surface area contributed by atoms with Crippen LogP contribution in [0, 0.1) is 5.92 Å². The molecule has 0 heterocycles. The average molecular weight is 269 g/mol. The van der Waals surface area contributed by atoms with Crippen LogP contribution >= 0.6 is 0 Å². The number of rotatable bonds is 10. The third kappa shape index (κ3) is 7.91. The standard InChI is InChI=1S/C16H35N3/c1-3-6-16(4-2)19-12-5-11-18-13-14-7-9-15(17)10-8-14/h14-16,18-19H,3-13,17H2,1-2H3. The minimum atomic E-state index is 0.477. The summed E-state index contributed by atoms with van der Waals surface area (Å²) in [6.45, 7) is 8.04. The summed E-state index contributed by atoms with van der Waals surface area (Å²) in [5.74, 6) is 0.872. The Labute approximate surface area is 120 Å². The highest BCUT2D eigenvalue weighted by molar-refractivity contribution is 4.75. The summed E-state index contributed by atoms with van der Waals surface area (Å²) in [5.41, 5.74) is 5.93. The Hall–Kier alpha value is -0.120. The van der Waals surface area contributed by atoms with Crippen molar-refractivity contribution in [2.45, 2.75) is 77.3 Å². The van der Waals surface area contributed by atoms with E-state index >= 15 is 0 Å². The van der Waals surface area contributed by atoms with Crippen LogP contribution in [-0.4, -0.2) is 31.7 Å². The van der Waals surface area contributed by atoms with Crippen LogP contribution < -0.4 is 16.4 Å². The van der Waals surface area contributed by atoms with Crippen LogP contribution in [0.15, 0.2) is 0 Å². The van der Waals surface area contributed by atoms with Gasteiger partial charge in [-0.1, -0.05) is 20.3 Å². The van der Waals surface area contributed by atoms with Gasteiger partial charge in [-0.05, 0) is 70.5 Å². The molecule has 0 saturated heterocycles. The van der Waals surface area contributed by atoms with Gasteiger partial charge in [0, 0.05) is 12.1 Å². The predicted octanol–water partition coefficient (Wildman–Crippen LogP) is 2.65. The van der Waals surface area contributed by atoms with Crippen molar-refractivity contribution in [1.82, 2.24) is 10.6 Å². The normalized spacial score (nSPS) is 25.4. The van der Waals surface area contributed by atoms with Gasteiger partial charge in [0.15, 0.2) is 0 Å². The zero-order valence-corrected chi connectivity index (χ0v) is 13.1. The Bertz CT molecular complexity index is 200. The number of hydrogen-bond acceptors (Lipinski definition) is 3. The van der Waals surface area contributed by atoms with Crippen molar-refractivity contribution in [1.29, 1.82) is 0 Å². The number of hydrogen-bond donors (Lipinski definition) is 3. The Morgan fingerprint density at radius 1 is 1.11 bits per heavy atom. The molecule has 3 nitrogen and oxygen atoms in total. The molecular formula is C16H35N3. The van der Waals surface area contributed by atoms with Crippen LogP contribution in [0.25, 0.3) is 0 Å². The average Bonchev–Trinajstić information content (AvgIpc) is 2.43. The molecule has 1 fully saturated rings. The van der Waals surface area contributed by atoms with Crippen molar-refractivity contribution in [2.24, 2.45) is 11.7 Å². The van der Waals surface area contributed by atoms with E-state index in [4.69, 9.17) is 5.73 Å². The van der Waals surface area contributed by atoms with E-state index in [2.05, 4.69) is 24.5 Å². The molecule has 19 heavy (non-hydrogen) atoms. The lowest BCUT2D eigenvalue weighted by molar-refractivity contribution is 0.314. The fourth-order valence-electron chi connectivity index (χ4n) is 3.02. The second-order valence-corrected chi connectivity index (χ2v) is 6.19. The molecule has 1 saturated carbocycles. The first-order valence-corrected chi connectivity index (χ1v) is 8.45. The highest BCUT2D eigenvalue weighted by atomic mass is 14.9. The smallest absolute Gasteiger partial charge is 0.00643 e. The van der Waals surface area contributed by atoms with Crippen LogP contribution in [0.2, 0.25) is 0 Å². The molecule has 0 spiro atoms. The first-order chi connectivity index (χ1) is 9.26. The Balaban J connectivity index is 1.90. The molecule has 0 aromatic carbocycles. The van der Waals surface area contributed by atoms with Crippen LogP contribution in [0.5, 0.6) is 0 Å². The van der Waals surface area contributed by atoms with Crippen LogP contribution in [0.1, 0.15) is 65.2 Å². The third-order valence-corrected chi connectivity index (χ3v) is 4.42. The van der Waals surface area contributed by atoms with Crippen LogP contribution in [0.3, 0.4) is 0 Å². The Morgan fingerprint density at radius 2 is 1.84 bits per heavy atom. The summed E-state index contributed by atoms with van der Waals surface area (Å²) in [6, 6.07) is 1.20. The van der Waals surface area contributed by atoms with E-state index in [1.54, 1.807) is 0 Å². The van der Waals surface area contributed by atoms with Crippen molar-refractivity contribution in [2.75, 3.05) is 19.6 Å². The minimum Gasteiger partial charge on any atom is -0.328 e. The van der Waals surface area contributed by atoms with Gasteiger partial charge in [-0.25, -0.2) is 0 Å². The van der Waals surface area contributed by atoms with Gasteiger partial charge >= 0.3 is 0 Å². The summed E-state index contributed by atoms with van der Waals surface area (Å²) in [6.07, 6.45) is 10.2. The van der Waals surface area contributed by atoms with E-state index < -0.39 is 0 Å².